The van der Waals surface area contributed by atoms with Gasteiger partial charge in [0.15, 0.2) is 3.95 Å². The van der Waals surface area contributed by atoms with Gasteiger partial charge in [0.05, 0.1) is 12.2 Å². The first kappa shape index (κ1) is 22.7. The first-order valence-corrected chi connectivity index (χ1v) is 11.3. The summed E-state index contributed by atoms with van der Waals surface area (Å²) < 4.78 is 40.7. The van der Waals surface area contributed by atoms with E-state index >= 15 is 0 Å². The number of piperazine rings is 1. The first-order chi connectivity index (χ1) is 15.2. The molecule has 2 aromatic heterocycles. The van der Waals surface area contributed by atoms with Crippen molar-refractivity contribution < 1.29 is 13.2 Å². The van der Waals surface area contributed by atoms with Crippen LogP contribution in [0.2, 0.25) is 0 Å². The lowest BCUT2D eigenvalue weighted by molar-refractivity contribution is -0.137. The Kier molecular flexibility index (Phi) is 6.50. The third-order valence-electron chi connectivity index (χ3n) is 5.42. The summed E-state index contributed by atoms with van der Waals surface area (Å²) in [5.41, 5.74) is 2.60. The molecule has 1 aromatic carbocycles. The molecule has 1 aliphatic heterocycles. The molecule has 3 aromatic rings. The number of aryl methyl sites for hydroxylation is 2. The van der Waals surface area contributed by atoms with Crippen molar-refractivity contribution in [2.24, 2.45) is 0 Å². The van der Waals surface area contributed by atoms with Crippen LogP contribution in [0.4, 0.5) is 29.8 Å². The zero-order valence-corrected chi connectivity index (χ0v) is 19.3. The third kappa shape index (κ3) is 5.11. The molecular weight excluding hydrogens is 457 g/mol. The summed E-state index contributed by atoms with van der Waals surface area (Å²) in [7, 11) is 0. The number of rotatable bonds is 5. The summed E-state index contributed by atoms with van der Waals surface area (Å²) in [6.07, 6.45) is -3.48. The zero-order valence-electron chi connectivity index (χ0n) is 17.7. The number of pyridine rings is 1. The topological polar surface area (TPSA) is 49.2 Å². The van der Waals surface area contributed by atoms with Gasteiger partial charge in [-0.05, 0) is 49.3 Å². The van der Waals surface area contributed by atoms with Crippen LogP contribution in [0.1, 0.15) is 16.7 Å². The van der Waals surface area contributed by atoms with Crippen molar-refractivity contribution in [3.05, 3.63) is 57.2 Å². The number of nitrogens with one attached hydrogen (secondary N) is 1. The molecule has 1 fully saturated rings. The van der Waals surface area contributed by atoms with Gasteiger partial charge < -0.3 is 10.2 Å². The van der Waals surface area contributed by atoms with E-state index in [0.29, 0.717) is 29.5 Å². The van der Waals surface area contributed by atoms with Gasteiger partial charge in [0.2, 0.25) is 5.13 Å². The van der Waals surface area contributed by atoms with Gasteiger partial charge in [-0.15, -0.1) is 5.10 Å². The third-order valence-corrected chi connectivity index (χ3v) is 6.65. The average molecular weight is 481 g/mol. The lowest BCUT2D eigenvalue weighted by Gasteiger charge is -2.35. The van der Waals surface area contributed by atoms with Crippen molar-refractivity contribution in [3.8, 4) is 0 Å². The molecule has 1 saturated heterocycles. The Morgan fingerprint density at radius 2 is 1.75 bits per heavy atom. The van der Waals surface area contributed by atoms with E-state index < -0.39 is 11.7 Å². The van der Waals surface area contributed by atoms with Crippen LogP contribution in [0.5, 0.6) is 0 Å². The standard InChI is InChI=1S/C21H23F3N6S2/c1-14-4-3-5-15(2)18(14)26-19-27-30(20(31)32-19)13-28-8-10-29(11-9-28)17-7-6-16(12-25-17)21(22,23)24/h3-7,12H,8-11,13H2,1-2H3,(H,26,27). The second-order valence-electron chi connectivity index (χ2n) is 7.71. The maximum absolute atomic E-state index is 12.7. The smallest absolute Gasteiger partial charge is 0.354 e. The molecule has 32 heavy (non-hydrogen) atoms. The van der Waals surface area contributed by atoms with Crippen molar-refractivity contribution in [1.82, 2.24) is 19.7 Å². The number of para-hydroxylation sites is 1. The zero-order chi connectivity index (χ0) is 22.9. The van der Waals surface area contributed by atoms with E-state index in [1.807, 2.05) is 15.6 Å². The van der Waals surface area contributed by atoms with Crippen molar-refractivity contribution in [2.75, 3.05) is 36.4 Å². The number of halogens is 3. The minimum atomic E-state index is -4.37. The van der Waals surface area contributed by atoms with Crippen LogP contribution in [0.15, 0.2) is 36.5 Å². The number of nitrogens with zero attached hydrogens (tertiary/aromatic N) is 5. The van der Waals surface area contributed by atoms with Crippen LogP contribution >= 0.6 is 23.6 Å². The predicted molar refractivity (Wildman–Crippen MR) is 123 cm³/mol. The monoisotopic (exact) mass is 480 g/mol. The highest BCUT2D eigenvalue weighted by molar-refractivity contribution is 7.73. The fourth-order valence-corrected chi connectivity index (χ4v) is 4.61. The summed E-state index contributed by atoms with van der Waals surface area (Å²) in [6, 6.07) is 8.64. The molecule has 3 heterocycles. The number of hydrogen-bond donors (Lipinski definition) is 1. The van der Waals surface area contributed by atoms with Crippen molar-refractivity contribution in [3.63, 3.8) is 0 Å². The molecule has 0 radical (unpaired) electrons. The molecule has 4 rings (SSSR count). The van der Waals surface area contributed by atoms with Gasteiger partial charge >= 0.3 is 6.18 Å². The van der Waals surface area contributed by atoms with Gasteiger partial charge in [0, 0.05) is 38.1 Å². The quantitative estimate of drug-likeness (QED) is 0.505. The Morgan fingerprint density at radius 1 is 1.06 bits per heavy atom. The van der Waals surface area contributed by atoms with Crippen LogP contribution in [0.3, 0.4) is 0 Å². The van der Waals surface area contributed by atoms with Crippen molar-refractivity contribution >= 4 is 40.2 Å². The maximum Gasteiger partial charge on any atom is 0.417 e. The minimum absolute atomic E-state index is 0.558. The molecule has 1 N–H and O–H groups in total. The molecule has 0 aliphatic carbocycles. The highest BCUT2D eigenvalue weighted by Crippen LogP contribution is 2.30. The molecule has 0 bridgehead atoms. The summed E-state index contributed by atoms with van der Waals surface area (Å²) in [5.74, 6) is 0.558. The summed E-state index contributed by atoms with van der Waals surface area (Å²) in [5, 5.41) is 8.77. The largest absolute Gasteiger partial charge is 0.417 e. The van der Waals surface area contributed by atoms with E-state index in [4.69, 9.17) is 12.2 Å². The van der Waals surface area contributed by atoms with E-state index in [9.17, 15) is 13.2 Å². The SMILES string of the molecule is Cc1cccc(C)c1Nc1nn(CN2CCN(c3ccc(C(F)(F)F)cn3)CC2)c(=S)s1. The van der Waals surface area contributed by atoms with Crippen molar-refractivity contribution in [1.29, 1.82) is 0 Å². The molecule has 170 valence electrons. The Hall–Kier alpha value is -2.50. The Bertz CT molecular complexity index is 1110. The minimum Gasteiger partial charge on any atom is -0.354 e. The maximum atomic E-state index is 12.7. The number of aromatic nitrogens is 3. The van der Waals surface area contributed by atoms with Crippen molar-refractivity contribution in [2.45, 2.75) is 26.7 Å². The Labute approximate surface area is 193 Å². The normalized spacial score (nSPS) is 15.2. The second kappa shape index (κ2) is 9.16. The highest BCUT2D eigenvalue weighted by Gasteiger charge is 2.31. The summed E-state index contributed by atoms with van der Waals surface area (Å²) >= 11 is 6.94. The summed E-state index contributed by atoms with van der Waals surface area (Å²) in [4.78, 5) is 8.21. The molecular formula is C21H23F3N6S2. The molecule has 0 atom stereocenters. The molecule has 0 amide bonds. The lowest BCUT2D eigenvalue weighted by atomic mass is 10.1. The molecule has 0 spiro atoms. The van der Waals surface area contributed by atoms with E-state index in [1.165, 1.54) is 17.4 Å². The van der Waals surface area contributed by atoms with Gasteiger partial charge in [-0.1, -0.05) is 29.5 Å². The number of benzene rings is 1. The molecule has 0 saturated carbocycles. The summed E-state index contributed by atoms with van der Waals surface area (Å²) in [6.45, 7) is 7.49. The van der Waals surface area contributed by atoms with E-state index in [-0.39, 0.29) is 0 Å². The first-order valence-electron chi connectivity index (χ1n) is 10.1. The van der Waals surface area contributed by atoms with Crippen LogP contribution in [0.25, 0.3) is 0 Å². The number of hydrogen-bond acceptors (Lipinski definition) is 7. The number of alkyl halides is 3. The molecule has 0 unspecified atom stereocenters. The van der Waals surface area contributed by atoms with Crippen LogP contribution < -0.4 is 10.2 Å². The highest BCUT2D eigenvalue weighted by atomic mass is 32.1. The Balaban J connectivity index is 1.36. The second-order valence-corrected chi connectivity index (χ2v) is 9.34. The fraction of sp³-hybridized carbons (Fsp3) is 0.381. The van der Waals surface area contributed by atoms with Crippen LogP contribution in [0, 0.1) is 17.8 Å². The fourth-order valence-electron chi connectivity index (χ4n) is 3.61. The average Bonchev–Trinajstić information content (AvgIpc) is 3.10. The number of anilines is 3. The van der Waals surface area contributed by atoms with E-state index in [1.54, 1.807) is 0 Å². The van der Waals surface area contributed by atoms with E-state index in [0.717, 1.165) is 47.3 Å². The van der Waals surface area contributed by atoms with Gasteiger partial charge in [-0.2, -0.15) is 13.2 Å². The molecule has 1 aliphatic rings. The Morgan fingerprint density at radius 3 is 2.34 bits per heavy atom. The molecule has 6 nitrogen and oxygen atoms in total. The van der Waals surface area contributed by atoms with Gasteiger partial charge in [-0.25, -0.2) is 9.67 Å². The lowest BCUT2D eigenvalue weighted by Crippen LogP contribution is -2.47. The predicted octanol–water partition coefficient (Wildman–Crippen LogP) is 5.23. The molecule has 11 heteroatoms. The van der Waals surface area contributed by atoms with Gasteiger partial charge in [-0.3, -0.25) is 4.90 Å². The van der Waals surface area contributed by atoms with Crippen LogP contribution in [-0.4, -0.2) is 45.8 Å². The van der Waals surface area contributed by atoms with Gasteiger partial charge in [0.1, 0.15) is 5.82 Å². The van der Waals surface area contributed by atoms with Gasteiger partial charge in [0.25, 0.3) is 0 Å². The van der Waals surface area contributed by atoms with E-state index in [2.05, 4.69) is 46.3 Å². The van der Waals surface area contributed by atoms with Crippen LogP contribution in [-0.2, 0) is 12.8 Å².